The quantitative estimate of drug-likeness (QED) is 0.572. The van der Waals surface area contributed by atoms with Crippen LogP contribution in [0.4, 0.5) is 0 Å². The van der Waals surface area contributed by atoms with Gasteiger partial charge in [0.2, 0.25) is 0 Å². The van der Waals surface area contributed by atoms with Crippen LogP contribution in [-0.4, -0.2) is 5.11 Å². The zero-order valence-electron chi connectivity index (χ0n) is 5.76. The van der Waals surface area contributed by atoms with Gasteiger partial charge in [-0.3, -0.25) is 0 Å². The van der Waals surface area contributed by atoms with Gasteiger partial charge in [-0.2, -0.15) is 0 Å². The number of hydrogen-bond acceptors (Lipinski definition) is 1. The lowest BCUT2D eigenvalue weighted by Gasteiger charge is -1.96. The lowest BCUT2D eigenvalue weighted by atomic mass is 10.2. The average Bonchev–Trinajstić information content (AvgIpc) is 1.96. The van der Waals surface area contributed by atoms with Gasteiger partial charge < -0.3 is 5.11 Å². The van der Waals surface area contributed by atoms with Gasteiger partial charge in [0.15, 0.2) is 0 Å². The molecule has 10 heavy (non-hydrogen) atoms. The van der Waals surface area contributed by atoms with Crippen molar-refractivity contribution in [3.63, 3.8) is 0 Å². The highest BCUT2D eigenvalue weighted by Gasteiger charge is 2.02. The molecule has 0 spiro atoms. The van der Waals surface area contributed by atoms with Crippen LogP contribution >= 0.6 is 11.6 Å². The minimum absolute atomic E-state index is 0.176. The van der Waals surface area contributed by atoms with Crippen LogP contribution in [0.2, 0.25) is 0 Å². The molecule has 0 aliphatic heterocycles. The van der Waals surface area contributed by atoms with E-state index in [0.717, 1.165) is 5.57 Å². The normalized spacial score (nSPS) is 18.8. The van der Waals surface area contributed by atoms with E-state index in [0.29, 0.717) is 11.5 Å². The maximum atomic E-state index is 9.10. The SMILES string of the molecule is CC1=CC=CC(O)=C(Cl)C1. The maximum absolute atomic E-state index is 9.10. The summed E-state index contributed by atoms with van der Waals surface area (Å²) in [4.78, 5) is 0. The zero-order valence-corrected chi connectivity index (χ0v) is 6.52. The summed E-state index contributed by atoms with van der Waals surface area (Å²) in [6.45, 7) is 1.98. The summed E-state index contributed by atoms with van der Waals surface area (Å²) in [6.07, 6.45) is 5.98. The molecule has 0 saturated heterocycles. The summed E-state index contributed by atoms with van der Waals surface area (Å²) in [6, 6.07) is 0. The van der Waals surface area contributed by atoms with E-state index in [2.05, 4.69) is 0 Å². The van der Waals surface area contributed by atoms with E-state index in [9.17, 15) is 0 Å². The van der Waals surface area contributed by atoms with Crippen molar-refractivity contribution in [1.29, 1.82) is 0 Å². The predicted molar refractivity (Wildman–Crippen MR) is 43.0 cm³/mol. The Hall–Kier alpha value is -0.690. The van der Waals surface area contributed by atoms with Crippen LogP contribution < -0.4 is 0 Å². The number of hydrogen-bond donors (Lipinski definition) is 1. The Balaban J connectivity index is 2.90. The second-order valence-corrected chi connectivity index (χ2v) is 2.80. The fourth-order valence-electron chi connectivity index (χ4n) is 0.788. The molecule has 0 aromatic heterocycles. The van der Waals surface area contributed by atoms with Gasteiger partial charge in [0.1, 0.15) is 5.76 Å². The minimum atomic E-state index is 0.176. The fourth-order valence-corrected chi connectivity index (χ4v) is 1.06. The predicted octanol–water partition coefficient (Wildman–Crippen LogP) is 2.90. The van der Waals surface area contributed by atoms with Gasteiger partial charge in [0.25, 0.3) is 0 Å². The topological polar surface area (TPSA) is 20.2 Å². The third-order valence-electron chi connectivity index (χ3n) is 1.35. The number of aliphatic hydroxyl groups excluding tert-OH is 1. The van der Waals surface area contributed by atoms with Gasteiger partial charge in [0.05, 0.1) is 5.03 Å². The Kier molecular flexibility index (Phi) is 2.17. The molecule has 1 rings (SSSR count). The number of halogens is 1. The molecule has 0 aromatic rings. The van der Waals surface area contributed by atoms with Gasteiger partial charge in [-0.15, -0.1) is 0 Å². The summed E-state index contributed by atoms with van der Waals surface area (Å²) in [5.41, 5.74) is 1.16. The van der Waals surface area contributed by atoms with Crippen LogP contribution in [-0.2, 0) is 0 Å². The van der Waals surface area contributed by atoms with Crippen LogP contribution in [0, 0.1) is 0 Å². The van der Waals surface area contributed by atoms with Crippen molar-refractivity contribution in [2.45, 2.75) is 13.3 Å². The molecule has 54 valence electrons. The van der Waals surface area contributed by atoms with Gasteiger partial charge in [-0.05, 0) is 13.0 Å². The smallest absolute Gasteiger partial charge is 0.130 e. The molecule has 0 radical (unpaired) electrons. The van der Waals surface area contributed by atoms with Gasteiger partial charge in [0, 0.05) is 6.42 Å². The first-order valence-electron chi connectivity index (χ1n) is 3.11. The molecule has 2 heteroatoms. The molecular formula is C8H9ClO. The first-order valence-corrected chi connectivity index (χ1v) is 3.49. The van der Waals surface area contributed by atoms with Crippen molar-refractivity contribution >= 4 is 11.6 Å². The number of allylic oxidation sites excluding steroid dienone is 5. The highest BCUT2D eigenvalue weighted by Crippen LogP contribution is 2.20. The molecule has 1 N–H and O–H groups in total. The van der Waals surface area contributed by atoms with E-state index in [1.165, 1.54) is 0 Å². The standard InChI is InChI=1S/C8H9ClO/c1-6-3-2-4-8(10)7(9)5-6/h2-4,10H,5H2,1H3. The first-order chi connectivity index (χ1) is 4.70. The summed E-state index contributed by atoms with van der Waals surface area (Å²) in [5.74, 6) is 0.176. The Morgan fingerprint density at radius 3 is 3.00 bits per heavy atom. The van der Waals surface area contributed by atoms with Crippen molar-refractivity contribution < 1.29 is 5.11 Å². The summed E-state index contributed by atoms with van der Waals surface area (Å²) in [5, 5.41) is 9.62. The highest BCUT2D eigenvalue weighted by atomic mass is 35.5. The van der Waals surface area contributed by atoms with E-state index >= 15 is 0 Å². The van der Waals surface area contributed by atoms with Crippen molar-refractivity contribution in [3.8, 4) is 0 Å². The van der Waals surface area contributed by atoms with Crippen LogP contribution in [0.5, 0.6) is 0 Å². The summed E-state index contributed by atoms with van der Waals surface area (Å²) in [7, 11) is 0. The molecule has 0 fully saturated rings. The van der Waals surface area contributed by atoms with Crippen LogP contribution in [0.15, 0.2) is 34.6 Å². The van der Waals surface area contributed by atoms with Crippen molar-refractivity contribution in [2.24, 2.45) is 0 Å². The molecule has 0 saturated carbocycles. The molecule has 0 heterocycles. The van der Waals surface area contributed by atoms with Crippen LogP contribution in [0.25, 0.3) is 0 Å². The Morgan fingerprint density at radius 1 is 1.60 bits per heavy atom. The number of aliphatic hydroxyl groups is 1. The van der Waals surface area contributed by atoms with Gasteiger partial charge in [-0.25, -0.2) is 0 Å². The molecule has 0 bridgehead atoms. The molecule has 0 unspecified atom stereocenters. The first kappa shape index (κ1) is 7.42. The van der Waals surface area contributed by atoms with Gasteiger partial charge >= 0.3 is 0 Å². The lowest BCUT2D eigenvalue weighted by molar-refractivity contribution is 0.428. The lowest BCUT2D eigenvalue weighted by Crippen LogP contribution is -1.80. The summed E-state index contributed by atoms with van der Waals surface area (Å²) < 4.78 is 0. The van der Waals surface area contributed by atoms with Crippen molar-refractivity contribution in [2.75, 3.05) is 0 Å². The molecule has 1 aliphatic carbocycles. The largest absolute Gasteiger partial charge is 0.507 e. The third kappa shape index (κ3) is 1.64. The van der Waals surface area contributed by atoms with Crippen LogP contribution in [0.1, 0.15) is 13.3 Å². The molecule has 0 aromatic carbocycles. The van der Waals surface area contributed by atoms with E-state index in [1.807, 2.05) is 13.0 Å². The summed E-state index contributed by atoms with van der Waals surface area (Å²) >= 11 is 5.70. The fraction of sp³-hybridized carbons (Fsp3) is 0.250. The van der Waals surface area contributed by atoms with Gasteiger partial charge in [-0.1, -0.05) is 29.3 Å². The van der Waals surface area contributed by atoms with E-state index in [4.69, 9.17) is 16.7 Å². The second kappa shape index (κ2) is 2.93. The highest BCUT2D eigenvalue weighted by molar-refractivity contribution is 6.30. The Morgan fingerprint density at radius 2 is 2.30 bits per heavy atom. The van der Waals surface area contributed by atoms with E-state index in [1.54, 1.807) is 12.2 Å². The molecular weight excluding hydrogens is 148 g/mol. The maximum Gasteiger partial charge on any atom is 0.130 e. The van der Waals surface area contributed by atoms with E-state index < -0.39 is 0 Å². The Labute approximate surface area is 65.3 Å². The number of rotatable bonds is 0. The Bertz CT molecular complexity index is 223. The van der Waals surface area contributed by atoms with E-state index in [-0.39, 0.29) is 5.76 Å². The molecule has 1 nitrogen and oxygen atoms in total. The van der Waals surface area contributed by atoms with Crippen molar-refractivity contribution in [3.05, 3.63) is 34.6 Å². The monoisotopic (exact) mass is 156 g/mol. The van der Waals surface area contributed by atoms with Crippen LogP contribution in [0.3, 0.4) is 0 Å². The third-order valence-corrected chi connectivity index (χ3v) is 1.67. The minimum Gasteiger partial charge on any atom is -0.507 e. The zero-order chi connectivity index (χ0) is 7.56. The molecule has 1 aliphatic rings. The molecule has 0 atom stereocenters. The second-order valence-electron chi connectivity index (χ2n) is 2.34. The van der Waals surface area contributed by atoms with Crippen molar-refractivity contribution in [1.82, 2.24) is 0 Å². The molecule has 0 amide bonds. The average molecular weight is 157 g/mol.